The minimum Gasteiger partial charge on any atom is -0.496 e. The predicted octanol–water partition coefficient (Wildman–Crippen LogP) is 5.14. The van der Waals surface area contributed by atoms with Crippen molar-refractivity contribution in [3.05, 3.63) is 82.2 Å². The van der Waals surface area contributed by atoms with Crippen LogP contribution in [0.3, 0.4) is 0 Å². The highest BCUT2D eigenvalue weighted by Gasteiger charge is 2.17. The Morgan fingerprint density at radius 2 is 1.96 bits per heavy atom. The van der Waals surface area contributed by atoms with Crippen LogP contribution in [0.1, 0.15) is 44.9 Å². The smallest absolute Gasteiger partial charge is 0.252 e. The van der Waals surface area contributed by atoms with Gasteiger partial charge in [-0.2, -0.15) is 0 Å². The van der Waals surface area contributed by atoms with Crippen LogP contribution in [0.25, 0.3) is 0 Å². The average molecular weight is 399 g/mol. The summed E-state index contributed by atoms with van der Waals surface area (Å²) < 4.78 is 5.40. The van der Waals surface area contributed by atoms with E-state index in [0.29, 0.717) is 29.3 Å². The SMILES string of the molecule is C=CCCc1cc(C)nc(C)c1CNC(=O)c1cc(Cl)cc(OC)c1CC=C. The maximum Gasteiger partial charge on any atom is 0.252 e. The molecule has 0 aliphatic heterocycles. The van der Waals surface area contributed by atoms with Gasteiger partial charge in [0.15, 0.2) is 0 Å². The Morgan fingerprint density at radius 3 is 2.61 bits per heavy atom. The number of aryl methyl sites for hydroxylation is 3. The molecule has 0 spiro atoms. The second-order valence-corrected chi connectivity index (χ2v) is 7.06. The number of nitrogens with one attached hydrogen (secondary N) is 1. The van der Waals surface area contributed by atoms with E-state index in [9.17, 15) is 4.79 Å². The van der Waals surface area contributed by atoms with Gasteiger partial charge in [-0.05, 0) is 62.4 Å². The topological polar surface area (TPSA) is 51.2 Å². The quantitative estimate of drug-likeness (QED) is 0.595. The minimum absolute atomic E-state index is 0.202. The van der Waals surface area contributed by atoms with Gasteiger partial charge in [0, 0.05) is 34.1 Å². The zero-order chi connectivity index (χ0) is 20.7. The van der Waals surface area contributed by atoms with Crippen molar-refractivity contribution in [1.29, 1.82) is 0 Å². The zero-order valence-corrected chi connectivity index (χ0v) is 17.5. The van der Waals surface area contributed by atoms with Gasteiger partial charge in [0.25, 0.3) is 5.91 Å². The second-order valence-electron chi connectivity index (χ2n) is 6.62. The van der Waals surface area contributed by atoms with E-state index in [4.69, 9.17) is 16.3 Å². The van der Waals surface area contributed by atoms with E-state index in [2.05, 4.69) is 29.5 Å². The maximum atomic E-state index is 12.9. The normalized spacial score (nSPS) is 10.4. The number of allylic oxidation sites excluding steroid dienone is 2. The number of aromatic nitrogens is 1. The van der Waals surface area contributed by atoms with Gasteiger partial charge in [0.05, 0.1) is 7.11 Å². The molecule has 2 rings (SSSR count). The molecule has 0 atom stereocenters. The molecule has 0 aliphatic carbocycles. The predicted molar refractivity (Wildman–Crippen MR) is 115 cm³/mol. The van der Waals surface area contributed by atoms with Crippen molar-refractivity contribution in [3.63, 3.8) is 0 Å². The summed E-state index contributed by atoms with van der Waals surface area (Å²) in [6.45, 7) is 11.9. The summed E-state index contributed by atoms with van der Waals surface area (Å²) in [5.74, 6) is 0.379. The van der Waals surface area contributed by atoms with Crippen LogP contribution in [-0.4, -0.2) is 18.0 Å². The number of nitrogens with zero attached hydrogens (tertiary/aromatic N) is 1. The lowest BCUT2D eigenvalue weighted by atomic mass is 10.00. The van der Waals surface area contributed by atoms with Crippen LogP contribution in [0.15, 0.2) is 43.5 Å². The van der Waals surface area contributed by atoms with Gasteiger partial charge < -0.3 is 10.1 Å². The number of amides is 1. The molecule has 148 valence electrons. The van der Waals surface area contributed by atoms with Gasteiger partial charge in [0.1, 0.15) is 5.75 Å². The Morgan fingerprint density at radius 1 is 1.21 bits per heavy atom. The van der Waals surface area contributed by atoms with Crippen molar-refractivity contribution in [2.24, 2.45) is 0 Å². The number of halogens is 1. The van der Waals surface area contributed by atoms with Crippen LogP contribution in [0.2, 0.25) is 5.02 Å². The largest absolute Gasteiger partial charge is 0.496 e. The summed E-state index contributed by atoms with van der Waals surface area (Å²) in [5.41, 5.74) is 5.38. The van der Waals surface area contributed by atoms with Crippen LogP contribution in [0.4, 0.5) is 0 Å². The molecule has 0 bridgehead atoms. The zero-order valence-electron chi connectivity index (χ0n) is 16.8. The Hall–Kier alpha value is -2.59. The molecule has 0 saturated carbocycles. The van der Waals surface area contributed by atoms with Crippen molar-refractivity contribution in [3.8, 4) is 5.75 Å². The lowest BCUT2D eigenvalue weighted by molar-refractivity contribution is 0.0949. The van der Waals surface area contributed by atoms with E-state index in [-0.39, 0.29) is 5.91 Å². The summed E-state index contributed by atoms with van der Waals surface area (Å²) in [4.78, 5) is 17.5. The lowest BCUT2D eigenvalue weighted by Crippen LogP contribution is -2.25. The standard InChI is InChI=1S/C23H27ClN2O2/c1-6-8-10-17-11-15(3)26-16(4)21(17)14-25-23(27)20-12-18(24)13-22(28-5)19(20)9-7-2/h6-7,11-13H,1-2,8-10,14H2,3-5H3,(H,25,27). The number of ether oxygens (including phenoxy) is 1. The number of hydrogen-bond donors (Lipinski definition) is 1. The van der Waals surface area contributed by atoms with E-state index in [1.54, 1.807) is 25.3 Å². The summed E-state index contributed by atoms with van der Waals surface area (Å²) in [6, 6.07) is 5.44. The van der Waals surface area contributed by atoms with E-state index in [0.717, 1.165) is 35.4 Å². The van der Waals surface area contributed by atoms with Gasteiger partial charge in [-0.15, -0.1) is 13.2 Å². The van der Waals surface area contributed by atoms with Gasteiger partial charge in [0.2, 0.25) is 0 Å². The van der Waals surface area contributed by atoms with Crippen molar-refractivity contribution in [2.45, 2.75) is 39.7 Å². The van der Waals surface area contributed by atoms with E-state index >= 15 is 0 Å². The molecule has 1 N–H and O–H groups in total. The van der Waals surface area contributed by atoms with Gasteiger partial charge in [-0.1, -0.05) is 23.8 Å². The summed E-state index contributed by atoms with van der Waals surface area (Å²) in [6.07, 6.45) is 5.89. The van der Waals surface area contributed by atoms with Crippen LogP contribution in [-0.2, 0) is 19.4 Å². The first kappa shape index (κ1) is 21.7. The molecule has 1 amide bonds. The molecule has 4 nitrogen and oxygen atoms in total. The van der Waals surface area contributed by atoms with E-state index in [1.807, 2.05) is 19.9 Å². The number of carbonyl (C=O) groups excluding carboxylic acids is 1. The fraction of sp³-hybridized carbons (Fsp3) is 0.304. The fourth-order valence-corrected chi connectivity index (χ4v) is 3.48. The van der Waals surface area contributed by atoms with E-state index < -0.39 is 0 Å². The number of rotatable bonds is 9. The third-order valence-electron chi connectivity index (χ3n) is 4.58. The molecule has 0 radical (unpaired) electrons. The van der Waals surface area contributed by atoms with Crippen LogP contribution in [0.5, 0.6) is 5.75 Å². The van der Waals surface area contributed by atoms with Gasteiger partial charge >= 0.3 is 0 Å². The molecule has 2 aromatic rings. The monoisotopic (exact) mass is 398 g/mol. The first-order chi connectivity index (χ1) is 13.4. The first-order valence-electron chi connectivity index (χ1n) is 9.23. The second kappa shape index (κ2) is 10.1. The highest BCUT2D eigenvalue weighted by molar-refractivity contribution is 6.31. The molecular weight excluding hydrogens is 372 g/mol. The number of methoxy groups -OCH3 is 1. The lowest BCUT2D eigenvalue weighted by Gasteiger charge is -2.16. The Balaban J connectivity index is 2.31. The van der Waals surface area contributed by atoms with Crippen molar-refractivity contribution >= 4 is 17.5 Å². The van der Waals surface area contributed by atoms with Crippen molar-refractivity contribution < 1.29 is 9.53 Å². The summed E-state index contributed by atoms with van der Waals surface area (Å²) in [5, 5.41) is 3.47. The molecule has 0 fully saturated rings. The molecule has 0 unspecified atom stereocenters. The summed E-state index contributed by atoms with van der Waals surface area (Å²) >= 11 is 6.18. The van der Waals surface area contributed by atoms with Crippen LogP contribution < -0.4 is 10.1 Å². The van der Waals surface area contributed by atoms with Gasteiger partial charge in [-0.3, -0.25) is 9.78 Å². The number of hydrogen-bond acceptors (Lipinski definition) is 3. The average Bonchev–Trinajstić information content (AvgIpc) is 2.66. The highest BCUT2D eigenvalue weighted by Crippen LogP contribution is 2.28. The molecule has 0 saturated heterocycles. The number of benzene rings is 1. The maximum absolute atomic E-state index is 12.9. The molecule has 1 aromatic carbocycles. The fourth-order valence-electron chi connectivity index (χ4n) is 3.27. The van der Waals surface area contributed by atoms with Crippen LogP contribution >= 0.6 is 11.6 Å². The highest BCUT2D eigenvalue weighted by atomic mass is 35.5. The Bertz CT molecular complexity index is 891. The van der Waals surface area contributed by atoms with Crippen molar-refractivity contribution in [1.82, 2.24) is 10.3 Å². The third kappa shape index (κ3) is 5.23. The molecule has 1 aromatic heterocycles. The molecular formula is C23H27ClN2O2. The molecule has 5 heteroatoms. The Kier molecular flexibility index (Phi) is 7.82. The minimum atomic E-state index is -0.202. The number of carbonyl (C=O) groups is 1. The molecule has 1 heterocycles. The summed E-state index contributed by atoms with van der Waals surface area (Å²) in [7, 11) is 1.56. The molecule has 0 aliphatic rings. The number of pyridine rings is 1. The molecule has 28 heavy (non-hydrogen) atoms. The van der Waals surface area contributed by atoms with Crippen LogP contribution in [0, 0.1) is 13.8 Å². The van der Waals surface area contributed by atoms with E-state index in [1.165, 1.54) is 5.56 Å². The van der Waals surface area contributed by atoms with Gasteiger partial charge in [-0.25, -0.2) is 0 Å². The van der Waals surface area contributed by atoms with Crippen molar-refractivity contribution in [2.75, 3.05) is 7.11 Å². The Labute approximate surface area is 172 Å². The first-order valence-corrected chi connectivity index (χ1v) is 9.61. The third-order valence-corrected chi connectivity index (χ3v) is 4.80.